The molecule has 0 saturated heterocycles. The molecule has 20 heavy (non-hydrogen) atoms. The quantitative estimate of drug-likeness (QED) is 0.681. The van der Waals surface area contributed by atoms with Crippen LogP contribution >= 0.6 is 0 Å². The molecule has 2 aromatic heterocycles. The van der Waals surface area contributed by atoms with E-state index < -0.39 is 0 Å². The first-order valence-corrected chi connectivity index (χ1v) is 6.37. The molecule has 0 saturated carbocycles. The smallest absolute Gasteiger partial charge is 0.185 e. The van der Waals surface area contributed by atoms with E-state index >= 15 is 0 Å². The molecule has 1 aromatic carbocycles. The van der Waals surface area contributed by atoms with Crippen molar-refractivity contribution in [3.8, 4) is 17.0 Å². The lowest BCUT2D eigenvalue weighted by molar-refractivity contribution is 0.110. The predicted octanol–water partition coefficient (Wildman–Crippen LogP) is 3.56. The highest BCUT2D eigenvalue weighted by Gasteiger charge is 2.17. The van der Waals surface area contributed by atoms with E-state index in [1.807, 2.05) is 48.9 Å². The fourth-order valence-electron chi connectivity index (χ4n) is 2.37. The highest BCUT2D eigenvalue weighted by Crippen LogP contribution is 2.29. The normalized spacial score (nSPS) is 10.7. The largest absolute Gasteiger partial charge is 0.453 e. The Morgan fingerprint density at radius 2 is 1.85 bits per heavy atom. The van der Waals surface area contributed by atoms with Gasteiger partial charge >= 0.3 is 0 Å². The molecule has 0 spiro atoms. The predicted molar refractivity (Wildman–Crippen MR) is 76.1 cm³/mol. The molecule has 0 N–H and O–H groups in total. The van der Waals surface area contributed by atoms with Crippen molar-refractivity contribution in [2.45, 2.75) is 13.8 Å². The third-order valence-electron chi connectivity index (χ3n) is 3.28. The molecule has 4 heteroatoms. The van der Waals surface area contributed by atoms with E-state index in [2.05, 4.69) is 5.10 Å². The molecule has 0 unspecified atom stereocenters. The van der Waals surface area contributed by atoms with Gasteiger partial charge in [-0.15, -0.1) is 0 Å². The van der Waals surface area contributed by atoms with Crippen molar-refractivity contribution in [2.75, 3.05) is 0 Å². The average Bonchev–Trinajstić information content (AvgIpc) is 3.04. The first-order valence-electron chi connectivity index (χ1n) is 6.37. The summed E-state index contributed by atoms with van der Waals surface area (Å²) in [6.45, 7) is 3.93. The topological polar surface area (TPSA) is 48.0 Å². The number of furan rings is 1. The Hall–Kier alpha value is -2.62. The van der Waals surface area contributed by atoms with Crippen LogP contribution in [0.3, 0.4) is 0 Å². The molecule has 3 rings (SSSR count). The van der Waals surface area contributed by atoms with E-state index in [1.54, 1.807) is 12.1 Å². The van der Waals surface area contributed by atoms with E-state index in [0.29, 0.717) is 17.8 Å². The van der Waals surface area contributed by atoms with Crippen molar-refractivity contribution >= 4 is 6.29 Å². The monoisotopic (exact) mass is 266 g/mol. The fourth-order valence-corrected chi connectivity index (χ4v) is 2.37. The van der Waals surface area contributed by atoms with Crippen molar-refractivity contribution in [1.82, 2.24) is 9.78 Å². The summed E-state index contributed by atoms with van der Waals surface area (Å²) in [5, 5.41) is 4.56. The van der Waals surface area contributed by atoms with Crippen LogP contribution in [0, 0.1) is 13.8 Å². The maximum atomic E-state index is 10.7. The van der Waals surface area contributed by atoms with Crippen LogP contribution < -0.4 is 0 Å². The van der Waals surface area contributed by atoms with Gasteiger partial charge in [0.15, 0.2) is 12.0 Å². The molecule has 0 radical (unpaired) electrons. The highest BCUT2D eigenvalue weighted by molar-refractivity contribution is 5.74. The third kappa shape index (κ3) is 1.95. The van der Waals surface area contributed by atoms with Gasteiger partial charge in [-0.3, -0.25) is 4.79 Å². The molecule has 0 aliphatic carbocycles. The van der Waals surface area contributed by atoms with Gasteiger partial charge in [-0.05, 0) is 38.1 Å². The number of aromatic nitrogens is 2. The maximum Gasteiger partial charge on any atom is 0.185 e. The van der Waals surface area contributed by atoms with Gasteiger partial charge in [-0.2, -0.15) is 5.10 Å². The third-order valence-corrected chi connectivity index (χ3v) is 3.28. The summed E-state index contributed by atoms with van der Waals surface area (Å²) >= 11 is 0. The summed E-state index contributed by atoms with van der Waals surface area (Å²) < 4.78 is 7.39. The number of rotatable bonds is 3. The van der Waals surface area contributed by atoms with Gasteiger partial charge in [0, 0.05) is 0 Å². The molecule has 0 aliphatic rings. The Balaban J connectivity index is 2.14. The minimum absolute atomic E-state index is 0.325. The number of para-hydroxylation sites is 1. The maximum absolute atomic E-state index is 10.7. The van der Waals surface area contributed by atoms with Gasteiger partial charge in [0.25, 0.3) is 0 Å². The molecule has 0 amide bonds. The number of carbonyl (C=O) groups excluding carboxylic acids is 1. The zero-order chi connectivity index (χ0) is 14.1. The number of carbonyl (C=O) groups is 1. The van der Waals surface area contributed by atoms with Gasteiger partial charge in [0.05, 0.1) is 22.6 Å². The Morgan fingerprint density at radius 1 is 1.10 bits per heavy atom. The molecule has 0 bridgehead atoms. The Labute approximate surface area is 116 Å². The summed E-state index contributed by atoms with van der Waals surface area (Å²) in [6.07, 6.45) is 0.704. The molecule has 100 valence electrons. The molecule has 2 heterocycles. The second-order valence-electron chi connectivity index (χ2n) is 4.61. The number of nitrogens with zero attached hydrogens (tertiary/aromatic N) is 2. The number of benzene rings is 1. The molecule has 0 aliphatic heterocycles. The second kappa shape index (κ2) is 4.81. The van der Waals surface area contributed by atoms with Gasteiger partial charge in [0.2, 0.25) is 0 Å². The first-order chi connectivity index (χ1) is 9.70. The summed E-state index contributed by atoms with van der Waals surface area (Å²) in [5.41, 5.74) is 3.79. The van der Waals surface area contributed by atoms with Gasteiger partial charge in [0.1, 0.15) is 5.76 Å². The van der Waals surface area contributed by atoms with Crippen molar-refractivity contribution in [1.29, 1.82) is 0 Å². The highest BCUT2D eigenvalue weighted by atomic mass is 16.3. The van der Waals surface area contributed by atoms with Crippen LogP contribution in [0.25, 0.3) is 17.0 Å². The standard InChI is InChI=1S/C16H14N2O2/c1-11-16(15-9-8-14(10-19)20-15)12(2)18(17-11)13-6-4-3-5-7-13/h3-10H,1-2H3. The molecular weight excluding hydrogens is 252 g/mol. The lowest BCUT2D eigenvalue weighted by atomic mass is 10.1. The zero-order valence-electron chi connectivity index (χ0n) is 11.3. The lowest BCUT2D eigenvalue weighted by Gasteiger charge is -2.04. The van der Waals surface area contributed by atoms with E-state index in [1.165, 1.54) is 0 Å². The minimum Gasteiger partial charge on any atom is -0.453 e. The van der Waals surface area contributed by atoms with Gasteiger partial charge < -0.3 is 4.42 Å². The van der Waals surface area contributed by atoms with Crippen LogP contribution in [0.4, 0.5) is 0 Å². The number of hydrogen-bond acceptors (Lipinski definition) is 3. The second-order valence-corrected chi connectivity index (χ2v) is 4.61. The van der Waals surface area contributed by atoms with Crippen LogP contribution in [0.1, 0.15) is 21.9 Å². The van der Waals surface area contributed by atoms with Crippen molar-refractivity contribution in [3.63, 3.8) is 0 Å². The summed E-state index contributed by atoms with van der Waals surface area (Å²) in [6, 6.07) is 13.4. The van der Waals surface area contributed by atoms with Crippen LogP contribution in [-0.4, -0.2) is 16.1 Å². The Kier molecular flexibility index (Phi) is 2.99. The van der Waals surface area contributed by atoms with Crippen LogP contribution in [0.5, 0.6) is 0 Å². The van der Waals surface area contributed by atoms with Crippen LogP contribution in [0.2, 0.25) is 0 Å². The van der Waals surface area contributed by atoms with E-state index in [0.717, 1.165) is 22.6 Å². The summed E-state index contributed by atoms with van der Waals surface area (Å²) in [5.74, 6) is 0.996. The summed E-state index contributed by atoms with van der Waals surface area (Å²) in [7, 11) is 0. The number of aldehydes is 1. The first kappa shape index (κ1) is 12.4. The fraction of sp³-hybridized carbons (Fsp3) is 0.125. The van der Waals surface area contributed by atoms with Crippen molar-refractivity contribution < 1.29 is 9.21 Å². The van der Waals surface area contributed by atoms with Crippen LogP contribution in [-0.2, 0) is 0 Å². The van der Waals surface area contributed by atoms with Crippen molar-refractivity contribution in [3.05, 3.63) is 59.6 Å². The van der Waals surface area contributed by atoms with E-state index in [9.17, 15) is 4.79 Å². The van der Waals surface area contributed by atoms with E-state index in [-0.39, 0.29) is 0 Å². The van der Waals surface area contributed by atoms with Crippen molar-refractivity contribution in [2.24, 2.45) is 0 Å². The Bertz CT molecular complexity index is 754. The number of hydrogen-bond donors (Lipinski definition) is 0. The van der Waals surface area contributed by atoms with E-state index in [4.69, 9.17) is 4.42 Å². The molecule has 4 nitrogen and oxygen atoms in total. The van der Waals surface area contributed by atoms with Gasteiger partial charge in [-0.1, -0.05) is 18.2 Å². The molecule has 0 fully saturated rings. The van der Waals surface area contributed by atoms with Gasteiger partial charge in [-0.25, -0.2) is 4.68 Å². The molecule has 3 aromatic rings. The molecular formula is C16H14N2O2. The molecule has 0 atom stereocenters. The number of aryl methyl sites for hydroxylation is 1. The SMILES string of the molecule is Cc1nn(-c2ccccc2)c(C)c1-c1ccc(C=O)o1. The lowest BCUT2D eigenvalue weighted by Crippen LogP contribution is -1.98. The Morgan fingerprint density at radius 3 is 2.50 bits per heavy atom. The zero-order valence-corrected chi connectivity index (χ0v) is 11.3. The average molecular weight is 266 g/mol. The van der Waals surface area contributed by atoms with Crippen LogP contribution in [0.15, 0.2) is 46.9 Å². The minimum atomic E-state index is 0.325. The summed E-state index contributed by atoms with van der Waals surface area (Å²) in [4.78, 5) is 10.7.